The van der Waals surface area contributed by atoms with Crippen LogP contribution in [-0.4, -0.2) is 31.6 Å². The number of amides is 1. The summed E-state index contributed by atoms with van der Waals surface area (Å²) in [7, 11) is 0. The smallest absolute Gasteiger partial charge is 0.220 e. The van der Waals surface area contributed by atoms with Crippen molar-refractivity contribution >= 4 is 18.3 Å². The Morgan fingerprint density at radius 2 is 2.08 bits per heavy atom. The lowest BCUT2D eigenvalue weighted by Gasteiger charge is -2.14. The molecule has 1 amide bonds. The fourth-order valence-corrected chi connectivity index (χ4v) is 3.70. The van der Waals surface area contributed by atoms with Crippen LogP contribution >= 0.6 is 12.4 Å². The van der Waals surface area contributed by atoms with Crippen LogP contribution in [0, 0.1) is 5.92 Å². The van der Waals surface area contributed by atoms with Gasteiger partial charge >= 0.3 is 0 Å². The van der Waals surface area contributed by atoms with E-state index in [0.717, 1.165) is 44.1 Å². The Hall–Kier alpha value is -1.26. The fraction of sp³-hybridized carbons (Fsp3) is 0.650. The molecule has 2 aliphatic rings. The zero-order valence-electron chi connectivity index (χ0n) is 15.0. The van der Waals surface area contributed by atoms with Gasteiger partial charge in [-0.2, -0.15) is 0 Å². The van der Waals surface area contributed by atoms with E-state index < -0.39 is 0 Å². The maximum absolute atomic E-state index is 12.0. The fourth-order valence-electron chi connectivity index (χ4n) is 3.70. The number of halogens is 1. The third-order valence-corrected chi connectivity index (χ3v) is 5.18. The van der Waals surface area contributed by atoms with Crippen LogP contribution in [0.3, 0.4) is 0 Å². The summed E-state index contributed by atoms with van der Waals surface area (Å²) in [6.45, 7) is 3.03. The normalized spacial score (nSPS) is 20.2. The molecule has 0 spiro atoms. The van der Waals surface area contributed by atoms with Crippen molar-refractivity contribution in [2.75, 3.05) is 19.6 Å². The molecule has 4 nitrogen and oxygen atoms in total. The molecular formula is C20H31ClN2O2. The Balaban J connectivity index is 0.00000225. The highest BCUT2D eigenvalue weighted by molar-refractivity contribution is 5.85. The van der Waals surface area contributed by atoms with Crippen molar-refractivity contribution in [1.29, 1.82) is 0 Å². The number of rotatable bonds is 8. The third-order valence-electron chi connectivity index (χ3n) is 5.18. The predicted octanol–water partition coefficient (Wildman–Crippen LogP) is 3.48. The third kappa shape index (κ3) is 6.87. The summed E-state index contributed by atoms with van der Waals surface area (Å²) in [6, 6.07) is 8.23. The predicted molar refractivity (Wildman–Crippen MR) is 103 cm³/mol. The van der Waals surface area contributed by atoms with Crippen LogP contribution in [0.15, 0.2) is 24.3 Å². The Kier molecular flexibility index (Phi) is 8.56. The van der Waals surface area contributed by atoms with Gasteiger partial charge in [0.1, 0.15) is 5.75 Å². The summed E-state index contributed by atoms with van der Waals surface area (Å²) in [5.41, 5.74) is 1.18. The summed E-state index contributed by atoms with van der Waals surface area (Å²) < 4.78 is 6.04. The van der Waals surface area contributed by atoms with E-state index in [1.165, 1.54) is 37.7 Å². The zero-order valence-corrected chi connectivity index (χ0v) is 15.8. The van der Waals surface area contributed by atoms with E-state index >= 15 is 0 Å². The van der Waals surface area contributed by atoms with Gasteiger partial charge in [0, 0.05) is 13.0 Å². The van der Waals surface area contributed by atoms with Crippen molar-refractivity contribution in [2.24, 2.45) is 5.92 Å². The lowest BCUT2D eigenvalue weighted by Crippen LogP contribution is -2.26. The van der Waals surface area contributed by atoms with Crippen LogP contribution in [0.4, 0.5) is 0 Å². The molecule has 0 radical (unpaired) electrons. The Morgan fingerprint density at radius 1 is 1.24 bits per heavy atom. The number of nitrogens with one attached hydrogen (secondary N) is 2. The lowest BCUT2D eigenvalue weighted by atomic mass is 10.1. The number of ether oxygens (including phenoxy) is 1. The number of benzene rings is 1. The molecule has 5 heteroatoms. The molecule has 1 heterocycles. The lowest BCUT2D eigenvalue weighted by molar-refractivity contribution is -0.121. The average Bonchev–Trinajstić information content (AvgIpc) is 3.27. The SMILES string of the molecule is Cl.O=C(CCc1cccc(OC2CCCC2)c1)NCCC1CCNC1. The van der Waals surface area contributed by atoms with Gasteiger partial charge in [0.2, 0.25) is 5.91 Å². The number of carbonyl (C=O) groups excluding carboxylic acids is 1. The van der Waals surface area contributed by atoms with Gasteiger partial charge in [-0.1, -0.05) is 12.1 Å². The summed E-state index contributed by atoms with van der Waals surface area (Å²) in [6.07, 6.45) is 8.94. The first-order valence-corrected chi connectivity index (χ1v) is 9.52. The monoisotopic (exact) mass is 366 g/mol. The van der Waals surface area contributed by atoms with Crippen LogP contribution in [0.1, 0.15) is 50.5 Å². The van der Waals surface area contributed by atoms with E-state index in [4.69, 9.17) is 4.74 Å². The highest BCUT2D eigenvalue weighted by atomic mass is 35.5. The van der Waals surface area contributed by atoms with Gasteiger partial charge in [0.15, 0.2) is 0 Å². The van der Waals surface area contributed by atoms with E-state index in [9.17, 15) is 4.79 Å². The Bertz CT molecular complexity index is 526. The van der Waals surface area contributed by atoms with Gasteiger partial charge in [-0.3, -0.25) is 4.79 Å². The molecule has 1 unspecified atom stereocenters. The first-order chi connectivity index (χ1) is 11.8. The molecule has 1 saturated carbocycles. The maximum Gasteiger partial charge on any atom is 0.220 e. The molecular weight excluding hydrogens is 336 g/mol. The number of hydrogen-bond acceptors (Lipinski definition) is 3. The molecule has 2 N–H and O–H groups in total. The first kappa shape index (κ1) is 20.1. The number of aryl methyl sites for hydroxylation is 1. The van der Waals surface area contributed by atoms with Crippen LogP contribution in [0.25, 0.3) is 0 Å². The molecule has 0 aromatic heterocycles. The van der Waals surface area contributed by atoms with E-state index in [1.807, 2.05) is 12.1 Å². The van der Waals surface area contributed by atoms with Gasteiger partial charge < -0.3 is 15.4 Å². The van der Waals surface area contributed by atoms with Crippen molar-refractivity contribution in [3.8, 4) is 5.75 Å². The van der Waals surface area contributed by atoms with Crippen molar-refractivity contribution in [2.45, 2.75) is 57.5 Å². The summed E-state index contributed by atoms with van der Waals surface area (Å²) in [4.78, 5) is 12.0. The number of hydrogen-bond donors (Lipinski definition) is 2. The first-order valence-electron chi connectivity index (χ1n) is 9.52. The number of carbonyl (C=O) groups is 1. The molecule has 1 atom stereocenters. The molecule has 0 bridgehead atoms. The molecule has 3 rings (SSSR count). The molecule has 1 saturated heterocycles. The molecule has 1 aliphatic heterocycles. The summed E-state index contributed by atoms with van der Waals surface area (Å²) in [5.74, 6) is 1.84. The summed E-state index contributed by atoms with van der Waals surface area (Å²) in [5, 5.41) is 6.42. The average molecular weight is 367 g/mol. The van der Waals surface area contributed by atoms with Crippen LogP contribution in [0.5, 0.6) is 5.75 Å². The van der Waals surface area contributed by atoms with Crippen molar-refractivity contribution in [3.05, 3.63) is 29.8 Å². The molecule has 140 valence electrons. The van der Waals surface area contributed by atoms with Gasteiger partial charge in [-0.15, -0.1) is 12.4 Å². The minimum absolute atomic E-state index is 0. The van der Waals surface area contributed by atoms with Crippen LogP contribution in [-0.2, 0) is 11.2 Å². The quantitative estimate of drug-likeness (QED) is 0.740. The second kappa shape index (κ2) is 10.7. The molecule has 1 aromatic rings. The second-order valence-electron chi connectivity index (χ2n) is 7.17. The largest absolute Gasteiger partial charge is 0.490 e. The van der Waals surface area contributed by atoms with Crippen molar-refractivity contribution in [3.63, 3.8) is 0 Å². The van der Waals surface area contributed by atoms with Gasteiger partial charge in [-0.25, -0.2) is 0 Å². The molecule has 25 heavy (non-hydrogen) atoms. The van der Waals surface area contributed by atoms with E-state index in [0.29, 0.717) is 12.5 Å². The molecule has 1 aliphatic carbocycles. The van der Waals surface area contributed by atoms with Crippen molar-refractivity contribution in [1.82, 2.24) is 10.6 Å². The Labute approximate surface area is 157 Å². The van der Waals surface area contributed by atoms with Crippen molar-refractivity contribution < 1.29 is 9.53 Å². The second-order valence-corrected chi connectivity index (χ2v) is 7.17. The minimum Gasteiger partial charge on any atom is -0.490 e. The van der Waals surface area contributed by atoms with Crippen LogP contribution < -0.4 is 15.4 Å². The highest BCUT2D eigenvalue weighted by Crippen LogP contribution is 2.24. The van der Waals surface area contributed by atoms with Gasteiger partial charge in [-0.05, 0) is 81.6 Å². The van der Waals surface area contributed by atoms with E-state index in [-0.39, 0.29) is 18.3 Å². The highest BCUT2D eigenvalue weighted by Gasteiger charge is 2.16. The Morgan fingerprint density at radius 3 is 2.84 bits per heavy atom. The topological polar surface area (TPSA) is 50.4 Å². The standard InChI is InChI=1S/C20H30N2O2.ClH/c23-20(22-13-11-17-10-12-21-15-17)9-8-16-4-3-7-19(14-16)24-18-5-1-2-6-18;/h3-4,7,14,17-18,21H,1-2,5-6,8-13,15H2,(H,22,23);1H. The summed E-state index contributed by atoms with van der Waals surface area (Å²) >= 11 is 0. The van der Waals surface area contributed by atoms with E-state index in [1.54, 1.807) is 0 Å². The zero-order chi connectivity index (χ0) is 16.6. The molecule has 2 fully saturated rings. The van der Waals surface area contributed by atoms with E-state index in [2.05, 4.69) is 22.8 Å². The van der Waals surface area contributed by atoms with Gasteiger partial charge in [0.05, 0.1) is 6.10 Å². The minimum atomic E-state index is 0. The van der Waals surface area contributed by atoms with Gasteiger partial charge in [0.25, 0.3) is 0 Å². The van der Waals surface area contributed by atoms with Crippen LogP contribution in [0.2, 0.25) is 0 Å². The molecule has 1 aromatic carbocycles. The maximum atomic E-state index is 12.0.